The Hall–Kier alpha value is -2.12. The Bertz CT molecular complexity index is 445. The predicted octanol–water partition coefficient (Wildman–Crippen LogP) is 0.206. The predicted molar refractivity (Wildman–Crippen MR) is 67.3 cm³/mol. The first kappa shape index (κ1) is 14.9. The highest BCUT2D eigenvalue weighted by atomic mass is 16.4. The number of rotatable bonds is 6. The first-order valence-corrected chi connectivity index (χ1v) is 6.09. The van der Waals surface area contributed by atoms with Gasteiger partial charge in [-0.15, -0.1) is 10.2 Å². The van der Waals surface area contributed by atoms with E-state index in [4.69, 9.17) is 5.11 Å². The largest absolute Gasteiger partial charge is 0.481 e. The molecule has 106 valence electrons. The molecule has 19 heavy (non-hydrogen) atoms. The van der Waals surface area contributed by atoms with Gasteiger partial charge in [0.2, 0.25) is 0 Å². The molecule has 2 amide bonds. The summed E-state index contributed by atoms with van der Waals surface area (Å²) < 4.78 is 1.81. The van der Waals surface area contributed by atoms with Crippen molar-refractivity contribution in [1.29, 1.82) is 0 Å². The molecule has 1 rings (SSSR count). The van der Waals surface area contributed by atoms with Gasteiger partial charge in [0.15, 0.2) is 5.82 Å². The van der Waals surface area contributed by atoms with Gasteiger partial charge in [-0.05, 0) is 20.8 Å². The molecule has 0 fully saturated rings. The number of nitrogens with one attached hydrogen (secondary N) is 2. The van der Waals surface area contributed by atoms with E-state index in [2.05, 4.69) is 20.8 Å². The Kier molecular flexibility index (Phi) is 5.28. The molecule has 0 aliphatic heterocycles. The summed E-state index contributed by atoms with van der Waals surface area (Å²) in [5, 5.41) is 21.6. The highest BCUT2D eigenvalue weighted by molar-refractivity contribution is 5.76. The standard InChI is InChI=1S/C11H19N5O3/c1-4-16-6-13-15-9(16)5-12-11(19)14-8(3)7(2)10(17)18/h6-8H,4-5H2,1-3H3,(H,17,18)(H2,12,14,19). The zero-order valence-corrected chi connectivity index (χ0v) is 11.3. The van der Waals surface area contributed by atoms with Crippen molar-refractivity contribution in [1.82, 2.24) is 25.4 Å². The summed E-state index contributed by atoms with van der Waals surface area (Å²) in [4.78, 5) is 22.4. The molecule has 1 aromatic rings. The Morgan fingerprint density at radius 3 is 2.74 bits per heavy atom. The summed E-state index contributed by atoms with van der Waals surface area (Å²) in [6.07, 6.45) is 1.59. The van der Waals surface area contributed by atoms with Crippen LogP contribution in [0.25, 0.3) is 0 Å². The second kappa shape index (κ2) is 6.72. The topological polar surface area (TPSA) is 109 Å². The molecule has 2 unspecified atom stereocenters. The van der Waals surface area contributed by atoms with Crippen LogP contribution in [0, 0.1) is 5.92 Å². The molecule has 0 bridgehead atoms. The smallest absolute Gasteiger partial charge is 0.315 e. The van der Waals surface area contributed by atoms with Gasteiger partial charge < -0.3 is 20.3 Å². The number of amides is 2. The minimum atomic E-state index is -0.946. The number of aryl methyl sites for hydroxylation is 1. The average molecular weight is 269 g/mol. The quantitative estimate of drug-likeness (QED) is 0.683. The van der Waals surface area contributed by atoms with E-state index in [1.807, 2.05) is 11.5 Å². The molecule has 1 heterocycles. The Labute approximate surface area is 111 Å². The number of aliphatic carboxylic acids is 1. The monoisotopic (exact) mass is 269 g/mol. The van der Waals surface area contributed by atoms with Crippen molar-refractivity contribution < 1.29 is 14.7 Å². The first-order chi connectivity index (χ1) is 8.95. The minimum absolute atomic E-state index is 0.244. The lowest BCUT2D eigenvalue weighted by molar-refractivity contribution is -0.141. The lowest BCUT2D eigenvalue weighted by Gasteiger charge is -2.18. The second-order valence-corrected chi connectivity index (χ2v) is 4.28. The van der Waals surface area contributed by atoms with Gasteiger partial charge in [0.1, 0.15) is 6.33 Å². The van der Waals surface area contributed by atoms with Crippen molar-refractivity contribution >= 4 is 12.0 Å². The minimum Gasteiger partial charge on any atom is -0.481 e. The van der Waals surface area contributed by atoms with Crippen LogP contribution in [0.3, 0.4) is 0 Å². The molecule has 8 heteroatoms. The van der Waals surface area contributed by atoms with Gasteiger partial charge in [0.25, 0.3) is 0 Å². The van der Waals surface area contributed by atoms with Crippen LogP contribution in [-0.4, -0.2) is 37.9 Å². The van der Waals surface area contributed by atoms with Crippen molar-refractivity contribution in [2.45, 2.75) is 39.9 Å². The number of aromatic nitrogens is 3. The Morgan fingerprint density at radius 1 is 1.47 bits per heavy atom. The molecule has 0 saturated carbocycles. The number of hydrogen-bond donors (Lipinski definition) is 3. The average Bonchev–Trinajstić information content (AvgIpc) is 2.82. The fourth-order valence-electron chi connectivity index (χ4n) is 1.44. The third-order valence-electron chi connectivity index (χ3n) is 2.94. The number of carboxylic acid groups (broad SMARTS) is 1. The molecule has 0 spiro atoms. The van der Waals surface area contributed by atoms with E-state index in [0.29, 0.717) is 5.82 Å². The lowest BCUT2D eigenvalue weighted by atomic mass is 10.0. The van der Waals surface area contributed by atoms with E-state index >= 15 is 0 Å². The van der Waals surface area contributed by atoms with Crippen LogP contribution >= 0.6 is 0 Å². The number of urea groups is 1. The van der Waals surface area contributed by atoms with Crippen molar-refractivity contribution in [3.8, 4) is 0 Å². The van der Waals surface area contributed by atoms with Gasteiger partial charge in [-0.1, -0.05) is 0 Å². The van der Waals surface area contributed by atoms with Gasteiger partial charge >= 0.3 is 12.0 Å². The number of carbonyl (C=O) groups excluding carboxylic acids is 1. The SMILES string of the molecule is CCn1cnnc1CNC(=O)NC(C)C(C)C(=O)O. The van der Waals surface area contributed by atoms with Crippen LogP contribution in [0.15, 0.2) is 6.33 Å². The third-order valence-corrected chi connectivity index (χ3v) is 2.94. The van der Waals surface area contributed by atoms with Gasteiger partial charge in [0.05, 0.1) is 12.5 Å². The molecule has 2 atom stereocenters. The summed E-state index contributed by atoms with van der Waals surface area (Å²) in [5.41, 5.74) is 0. The van der Waals surface area contributed by atoms with E-state index in [1.165, 1.54) is 0 Å². The maximum atomic E-state index is 11.6. The summed E-state index contributed by atoms with van der Waals surface area (Å²) in [7, 11) is 0. The maximum Gasteiger partial charge on any atom is 0.315 e. The Balaban J connectivity index is 2.42. The van der Waals surface area contributed by atoms with Crippen LogP contribution in [0.4, 0.5) is 4.79 Å². The van der Waals surface area contributed by atoms with Crippen molar-refractivity contribution in [2.24, 2.45) is 5.92 Å². The second-order valence-electron chi connectivity index (χ2n) is 4.28. The van der Waals surface area contributed by atoms with E-state index in [9.17, 15) is 9.59 Å². The van der Waals surface area contributed by atoms with Gasteiger partial charge in [-0.2, -0.15) is 0 Å². The fraction of sp³-hybridized carbons (Fsp3) is 0.636. The van der Waals surface area contributed by atoms with Crippen LogP contribution < -0.4 is 10.6 Å². The number of nitrogens with zero attached hydrogens (tertiary/aromatic N) is 3. The number of hydrogen-bond acceptors (Lipinski definition) is 4. The van der Waals surface area contributed by atoms with E-state index in [0.717, 1.165) is 6.54 Å². The maximum absolute atomic E-state index is 11.6. The van der Waals surface area contributed by atoms with Crippen LogP contribution in [0.2, 0.25) is 0 Å². The van der Waals surface area contributed by atoms with E-state index in [1.54, 1.807) is 20.2 Å². The molecular weight excluding hydrogens is 250 g/mol. The fourth-order valence-corrected chi connectivity index (χ4v) is 1.44. The molecule has 0 aliphatic carbocycles. The van der Waals surface area contributed by atoms with Gasteiger partial charge in [0, 0.05) is 12.6 Å². The van der Waals surface area contributed by atoms with E-state index in [-0.39, 0.29) is 6.54 Å². The first-order valence-electron chi connectivity index (χ1n) is 6.09. The van der Waals surface area contributed by atoms with Crippen molar-refractivity contribution in [2.75, 3.05) is 0 Å². The molecule has 8 nitrogen and oxygen atoms in total. The van der Waals surface area contributed by atoms with Gasteiger partial charge in [-0.3, -0.25) is 4.79 Å². The molecule has 0 radical (unpaired) electrons. The van der Waals surface area contributed by atoms with Crippen molar-refractivity contribution in [3.05, 3.63) is 12.2 Å². The number of carboxylic acids is 1. The van der Waals surface area contributed by atoms with Crippen LogP contribution in [0.1, 0.15) is 26.6 Å². The summed E-state index contributed by atoms with van der Waals surface area (Å²) in [5.74, 6) is -0.944. The zero-order valence-electron chi connectivity index (χ0n) is 11.3. The Morgan fingerprint density at radius 2 is 2.16 bits per heavy atom. The molecular formula is C11H19N5O3. The molecule has 0 saturated heterocycles. The molecule has 0 aliphatic rings. The van der Waals surface area contributed by atoms with E-state index < -0.39 is 24.0 Å². The summed E-state index contributed by atoms with van der Waals surface area (Å²) in [6.45, 7) is 6.10. The van der Waals surface area contributed by atoms with Crippen LogP contribution in [0.5, 0.6) is 0 Å². The summed E-state index contributed by atoms with van der Waals surface area (Å²) in [6, 6.07) is -0.882. The lowest BCUT2D eigenvalue weighted by Crippen LogP contribution is -2.45. The zero-order chi connectivity index (χ0) is 14.4. The van der Waals surface area contributed by atoms with Crippen LogP contribution in [-0.2, 0) is 17.9 Å². The molecule has 1 aromatic heterocycles. The number of carbonyl (C=O) groups is 2. The molecule has 0 aromatic carbocycles. The third kappa shape index (κ3) is 4.23. The normalized spacial score (nSPS) is 13.6. The van der Waals surface area contributed by atoms with Gasteiger partial charge in [-0.25, -0.2) is 4.79 Å². The summed E-state index contributed by atoms with van der Waals surface area (Å²) >= 11 is 0. The van der Waals surface area contributed by atoms with Crippen molar-refractivity contribution in [3.63, 3.8) is 0 Å². The molecule has 3 N–H and O–H groups in total. The highest BCUT2D eigenvalue weighted by Gasteiger charge is 2.20. The highest BCUT2D eigenvalue weighted by Crippen LogP contribution is 2.02.